The van der Waals surface area contributed by atoms with E-state index in [1.165, 1.54) is 5.56 Å². The van der Waals surface area contributed by atoms with Gasteiger partial charge in [0.05, 0.1) is 6.61 Å². The largest absolute Gasteiger partial charge is 0.494 e. The van der Waals surface area contributed by atoms with Crippen molar-refractivity contribution in [2.24, 2.45) is 5.92 Å². The number of carbonyl (C=O) groups is 1. The van der Waals surface area contributed by atoms with Crippen molar-refractivity contribution >= 4 is 6.29 Å². The molecular weight excluding hydrogens is 188 g/mol. The summed E-state index contributed by atoms with van der Waals surface area (Å²) in [6.07, 6.45) is 2.81. The van der Waals surface area contributed by atoms with Crippen LogP contribution in [0.25, 0.3) is 0 Å². The summed E-state index contributed by atoms with van der Waals surface area (Å²) in [5.41, 5.74) is 1.18. The van der Waals surface area contributed by atoms with Crippen LogP contribution in [0.15, 0.2) is 24.3 Å². The molecule has 2 heteroatoms. The number of ether oxygens (including phenoxy) is 1. The molecule has 82 valence electrons. The molecule has 0 spiro atoms. The Balaban J connectivity index is 2.52. The first-order chi connectivity index (χ1) is 7.26. The van der Waals surface area contributed by atoms with Gasteiger partial charge in [0.15, 0.2) is 0 Å². The Hall–Kier alpha value is -1.31. The molecule has 0 amide bonds. The Labute approximate surface area is 91.3 Å². The fraction of sp³-hybridized carbons (Fsp3) is 0.462. The molecule has 15 heavy (non-hydrogen) atoms. The summed E-state index contributed by atoms with van der Waals surface area (Å²) < 4.78 is 5.47. The number of hydrogen-bond acceptors (Lipinski definition) is 2. The summed E-state index contributed by atoms with van der Waals surface area (Å²) in [5.74, 6) is 0.992. The Bertz CT molecular complexity index is 290. The minimum atomic E-state index is 0.0902. The highest BCUT2D eigenvalue weighted by molar-refractivity contribution is 5.53. The van der Waals surface area contributed by atoms with Crippen molar-refractivity contribution in [2.75, 3.05) is 6.61 Å². The van der Waals surface area contributed by atoms with Crippen LogP contribution in [-0.2, 0) is 11.2 Å². The third-order valence-electron chi connectivity index (χ3n) is 2.19. The van der Waals surface area contributed by atoms with Gasteiger partial charge < -0.3 is 9.53 Å². The van der Waals surface area contributed by atoms with Crippen molar-refractivity contribution in [3.05, 3.63) is 29.8 Å². The first-order valence-electron chi connectivity index (χ1n) is 5.43. The van der Waals surface area contributed by atoms with Crippen LogP contribution < -0.4 is 4.74 Å². The van der Waals surface area contributed by atoms with E-state index in [-0.39, 0.29) is 5.92 Å². The predicted octanol–water partition coefficient (Wildman–Crippen LogP) is 2.85. The molecule has 1 atom stereocenters. The summed E-state index contributed by atoms with van der Waals surface area (Å²) in [6.45, 7) is 4.76. The zero-order valence-electron chi connectivity index (χ0n) is 9.40. The normalized spacial score (nSPS) is 12.1. The van der Waals surface area contributed by atoms with Crippen molar-refractivity contribution < 1.29 is 9.53 Å². The third-order valence-corrected chi connectivity index (χ3v) is 2.19. The van der Waals surface area contributed by atoms with Crippen LogP contribution in [0, 0.1) is 5.92 Å². The van der Waals surface area contributed by atoms with Gasteiger partial charge in [0, 0.05) is 5.92 Å². The van der Waals surface area contributed by atoms with E-state index in [4.69, 9.17) is 4.74 Å². The van der Waals surface area contributed by atoms with E-state index in [9.17, 15) is 4.79 Å². The molecule has 0 aromatic heterocycles. The summed E-state index contributed by atoms with van der Waals surface area (Å²) in [5, 5.41) is 0. The summed E-state index contributed by atoms with van der Waals surface area (Å²) in [4.78, 5) is 10.5. The fourth-order valence-electron chi connectivity index (χ4n) is 1.36. The molecule has 0 aliphatic heterocycles. The van der Waals surface area contributed by atoms with E-state index in [0.717, 1.165) is 31.5 Å². The Morgan fingerprint density at radius 1 is 1.33 bits per heavy atom. The van der Waals surface area contributed by atoms with Crippen molar-refractivity contribution in [1.82, 2.24) is 0 Å². The average Bonchev–Trinajstić information content (AvgIpc) is 2.28. The third kappa shape index (κ3) is 4.15. The maximum Gasteiger partial charge on any atom is 0.123 e. The second-order valence-electron chi connectivity index (χ2n) is 3.81. The van der Waals surface area contributed by atoms with Gasteiger partial charge in [-0.2, -0.15) is 0 Å². The lowest BCUT2D eigenvalue weighted by Crippen LogP contribution is -2.00. The summed E-state index contributed by atoms with van der Waals surface area (Å²) in [6, 6.07) is 7.96. The first kappa shape index (κ1) is 11.8. The van der Waals surface area contributed by atoms with Crippen LogP contribution in [0.4, 0.5) is 0 Å². The van der Waals surface area contributed by atoms with Crippen LogP contribution in [0.1, 0.15) is 25.8 Å². The zero-order valence-corrected chi connectivity index (χ0v) is 9.40. The molecule has 0 N–H and O–H groups in total. The van der Waals surface area contributed by atoms with E-state index in [2.05, 4.69) is 6.92 Å². The molecule has 1 aromatic rings. The molecule has 0 heterocycles. The van der Waals surface area contributed by atoms with Crippen LogP contribution in [0.3, 0.4) is 0 Å². The van der Waals surface area contributed by atoms with Crippen molar-refractivity contribution in [2.45, 2.75) is 26.7 Å². The van der Waals surface area contributed by atoms with E-state index in [0.29, 0.717) is 0 Å². The molecule has 0 saturated carbocycles. The van der Waals surface area contributed by atoms with Gasteiger partial charge >= 0.3 is 0 Å². The van der Waals surface area contributed by atoms with Crippen LogP contribution in [0.2, 0.25) is 0 Å². The number of benzene rings is 1. The molecule has 1 aromatic carbocycles. The maximum atomic E-state index is 10.5. The number of rotatable bonds is 6. The number of carbonyl (C=O) groups excluding carboxylic acids is 1. The van der Waals surface area contributed by atoms with Gasteiger partial charge in [-0.05, 0) is 30.5 Å². The zero-order chi connectivity index (χ0) is 11.1. The van der Waals surface area contributed by atoms with E-state index >= 15 is 0 Å². The second kappa shape index (κ2) is 6.23. The number of hydrogen-bond donors (Lipinski definition) is 0. The lowest BCUT2D eigenvalue weighted by Gasteiger charge is -2.07. The molecule has 0 aliphatic carbocycles. The lowest BCUT2D eigenvalue weighted by atomic mass is 10.0. The van der Waals surface area contributed by atoms with E-state index in [1.807, 2.05) is 31.2 Å². The SMILES string of the molecule is CCCOc1ccc(CC(C)C=O)cc1. The van der Waals surface area contributed by atoms with Gasteiger partial charge in [0.1, 0.15) is 12.0 Å². The van der Waals surface area contributed by atoms with Gasteiger partial charge in [-0.25, -0.2) is 0 Å². The highest BCUT2D eigenvalue weighted by Gasteiger charge is 2.01. The van der Waals surface area contributed by atoms with E-state index in [1.54, 1.807) is 0 Å². The molecule has 1 unspecified atom stereocenters. The quantitative estimate of drug-likeness (QED) is 0.669. The maximum absolute atomic E-state index is 10.5. The van der Waals surface area contributed by atoms with Gasteiger partial charge in [-0.15, -0.1) is 0 Å². The fourth-order valence-corrected chi connectivity index (χ4v) is 1.36. The first-order valence-corrected chi connectivity index (χ1v) is 5.43. The smallest absolute Gasteiger partial charge is 0.123 e. The number of aldehydes is 1. The minimum absolute atomic E-state index is 0.0902. The van der Waals surface area contributed by atoms with Crippen molar-refractivity contribution in [3.8, 4) is 5.75 Å². The highest BCUT2D eigenvalue weighted by atomic mass is 16.5. The van der Waals surface area contributed by atoms with Gasteiger partial charge in [-0.1, -0.05) is 26.0 Å². The predicted molar refractivity (Wildman–Crippen MR) is 61.2 cm³/mol. The summed E-state index contributed by atoms with van der Waals surface area (Å²) in [7, 11) is 0. The average molecular weight is 206 g/mol. The van der Waals surface area contributed by atoms with E-state index < -0.39 is 0 Å². The Kier molecular flexibility index (Phi) is 4.88. The molecule has 0 aliphatic rings. The van der Waals surface area contributed by atoms with Gasteiger partial charge in [-0.3, -0.25) is 0 Å². The monoisotopic (exact) mass is 206 g/mol. The highest BCUT2D eigenvalue weighted by Crippen LogP contribution is 2.14. The Morgan fingerprint density at radius 2 is 2.00 bits per heavy atom. The molecule has 1 rings (SSSR count). The molecule has 0 saturated heterocycles. The summed E-state index contributed by atoms with van der Waals surface area (Å²) >= 11 is 0. The van der Waals surface area contributed by atoms with Crippen LogP contribution in [0.5, 0.6) is 5.75 Å². The molecule has 0 fully saturated rings. The van der Waals surface area contributed by atoms with Crippen molar-refractivity contribution in [3.63, 3.8) is 0 Å². The van der Waals surface area contributed by atoms with Crippen LogP contribution in [-0.4, -0.2) is 12.9 Å². The minimum Gasteiger partial charge on any atom is -0.494 e. The topological polar surface area (TPSA) is 26.3 Å². The second-order valence-corrected chi connectivity index (χ2v) is 3.81. The van der Waals surface area contributed by atoms with Gasteiger partial charge in [0.25, 0.3) is 0 Å². The Morgan fingerprint density at radius 3 is 2.53 bits per heavy atom. The lowest BCUT2D eigenvalue weighted by molar-refractivity contribution is -0.110. The molecule has 0 bridgehead atoms. The molecule has 0 radical (unpaired) electrons. The molecular formula is C13H18O2. The van der Waals surface area contributed by atoms with Crippen LogP contribution >= 0.6 is 0 Å². The standard InChI is InChI=1S/C13H18O2/c1-3-8-15-13-6-4-12(5-7-13)9-11(2)10-14/h4-7,10-11H,3,8-9H2,1-2H3. The van der Waals surface area contributed by atoms with Crippen molar-refractivity contribution in [1.29, 1.82) is 0 Å². The molecule has 2 nitrogen and oxygen atoms in total. The van der Waals surface area contributed by atoms with Gasteiger partial charge in [0.2, 0.25) is 0 Å².